The quantitative estimate of drug-likeness (QED) is 0.573. The van der Waals surface area contributed by atoms with Crippen molar-refractivity contribution in [2.75, 3.05) is 6.61 Å². The van der Waals surface area contributed by atoms with Crippen LogP contribution >= 0.6 is 0 Å². The average molecular weight is 158 g/mol. The summed E-state index contributed by atoms with van der Waals surface area (Å²) in [5, 5.41) is 0. The molecule has 1 fully saturated rings. The standard InChI is InChI=1S/C8H15NO2/c1-2-11-8(10)6-4-3-5-7(6)9/h6-7H,2-5,9H2,1H3/p+1/t6-,7+/m0/s1. The number of rotatable bonds is 2. The molecular weight excluding hydrogens is 142 g/mol. The molecule has 3 nitrogen and oxygen atoms in total. The highest BCUT2D eigenvalue weighted by atomic mass is 16.5. The van der Waals surface area contributed by atoms with E-state index in [1.807, 2.05) is 6.92 Å². The zero-order valence-electron chi connectivity index (χ0n) is 7.01. The van der Waals surface area contributed by atoms with Gasteiger partial charge < -0.3 is 10.5 Å². The normalized spacial score (nSPS) is 30.4. The van der Waals surface area contributed by atoms with E-state index in [0.717, 1.165) is 19.3 Å². The minimum atomic E-state index is -0.0509. The lowest BCUT2D eigenvalue weighted by atomic mass is 10.1. The van der Waals surface area contributed by atoms with Gasteiger partial charge in [-0.3, -0.25) is 4.79 Å². The maximum Gasteiger partial charge on any atom is 0.314 e. The fourth-order valence-corrected chi connectivity index (χ4v) is 1.60. The van der Waals surface area contributed by atoms with Crippen LogP contribution < -0.4 is 5.73 Å². The topological polar surface area (TPSA) is 53.9 Å². The van der Waals surface area contributed by atoms with Gasteiger partial charge in [0.05, 0.1) is 12.6 Å². The molecule has 0 saturated heterocycles. The van der Waals surface area contributed by atoms with E-state index < -0.39 is 0 Å². The molecule has 0 heterocycles. The van der Waals surface area contributed by atoms with E-state index in [0.29, 0.717) is 6.61 Å². The van der Waals surface area contributed by atoms with Crippen molar-refractivity contribution in [1.82, 2.24) is 0 Å². The van der Waals surface area contributed by atoms with Crippen LogP contribution in [0.25, 0.3) is 0 Å². The zero-order chi connectivity index (χ0) is 8.27. The molecule has 1 rings (SSSR count). The first kappa shape index (κ1) is 8.53. The van der Waals surface area contributed by atoms with Gasteiger partial charge in [-0.25, -0.2) is 0 Å². The summed E-state index contributed by atoms with van der Waals surface area (Å²) in [6, 6.07) is 0.286. The minimum Gasteiger partial charge on any atom is -0.466 e. The Hall–Kier alpha value is -0.570. The summed E-state index contributed by atoms with van der Waals surface area (Å²) in [6.45, 7) is 2.33. The maximum absolute atomic E-state index is 11.2. The summed E-state index contributed by atoms with van der Waals surface area (Å²) in [4.78, 5) is 11.2. The van der Waals surface area contributed by atoms with Crippen molar-refractivity contribution in [3.8, 4) is 0 Å². The fraction of sp³-hybridized carbons (Fsp3) is 0.875. The summed E-state index contributed by atoms with van der Waals surface area (Å²) in [5.74, 6) is 0.0277. The van der Waals surface area contributed by atoms with E-state index in [4.69, 9.17) is 4.74 Å². The Kier molecular flexibility index (Phi) is 2.88. The Morgan fingerprint density at radius 3 is 2.82 bits per heavy atom. The Labute approximate surface area is 66.9 Å². The summed E-state index contributed by atoms with van der Waals surface area (Å²) in [5.41, 5.74) is 3.92. The first-order valence-corrected chi connectivity index (χ1v) is 4.25. The zero-order valence-corrected chi connectivity index (χ0v) is 7.01. The van der Waals surface area contributed by atoms with Crippen LogP contribution in [-0.4, -0.2) is 18.6 Å². The van der Waals surface area contributed by atoms with Crippen molar-refractivity contribution >= 4 is 5.97 Å². The van der Waals surface area contributed by atoms with Gasteiger partial charge in [0, 0.05) is 6.42 Å². The minimum absolute atomic E-state index is 0.0509. The number of esters is 1. The lowest BCUT2D eigenvalue weighted by molar-refractivity contribution is -0.425. The van der Waals surface area contributed by atoms with Gasteiger partial charge in [0.15, 0.2) is 0 Å². The van der Waals surface area contributed by atoms with Gasteiger partial charge in [-0.15, -0.1) is 0 Å². The third-order valence-electron chi connectivity index (χ3n) is 2.25. The van der Waals surface area contributed by atoms with Crippen LogP contribution in [0.2, 0.25) is 0 Å². The smallest absolute Gasteiger partial charge is 0.314 e. The first-order chi connectivity index (χ1) is 5.25. The van der Waals surface area contributed by atoms with Crippen LogP contribution in [0.4, 0.5) is 0 Å². The highest BCUT2D eigenvalue weighted by Gasteiger charge is 2.34. The number of hydrogen-bond donors (Lipinski definition) is 1. The van der Waals surface area contributed by atoms with Crippen molar-refractivity contribution in [1.29, 1.82) is 0 Å². The molecule has 0 spiro atoms. The molecule has 0 radical (unpaired) electrons. The highest BCUT2D eigenvalue weighted by Crippen LogP contribution is 2.23. The predicted molar refractivity (Wildman–Crippen MR) is 40.7 cm³/mol. The molecule has 0 aromatic rings. The SMILES string of the molecule is CCOC(=O)[C@H]1CCC[C@H]1[NH3+]. The monoisotopic (exact) mass is 158 g/mol. The van der Waals surface area contributed by atoms with Gasteiger partial charge >= 0.3 is 5.97 Å². The van der Waals surface area contributed by atoms with Crippen molar-refractivity contribution in [3.05, 3.63) is 0 Å². The molecule has 1 aliphatic rings. The lowest BCUT2D eigenvalue weighted by Gasteiger charge is -2.10. The molecule has 3 N–H and O–H groups in total. The molecule has 0 aliphatic heterocycles. The van der Waals surface area contributed by atoms with Crippen LogP contribution in [-0.2, 0) is 9.53 Å². The van der Waals surface area contributed by atoms with Crippen molar-refractivity contribution in [3.63, 3.8) is 0 Å². The summed E-state index contributed by atoms with van der Waals surface area (Å²) < 4.78 is 4.92. The van der Waals surface area contributed by atoms with Crippen LogP contribution in [0.15, 0.2) is 0 Å². The van der Waals surface area contributed by atoms with E-state index in [9.17, 15) is 4.79 Å². The summed E-state index contributed by atoms with van der Waals surface area (Å²) >= 11 is 0. The summed E-state index contributed by atoms with van der Waals surface area (Å²) in [6.07, 6.45) is 3.16. The molecule has 0 amide bonds. The van der Waals surface area contributed by atoms with Gasteiger partial charge in [-0.2, -0.15) is 0 Å². The largest absolute Gasteiger partial charge is 0.466 e. The van der Waals surface area contributed by atoms with Gasteiger partial charge in [-0.1, -0.05) is 0 Å². The average Bonchev–Trinajstić information content (AvgIpc) is 2.36. The molecule has 11 heavy (non-hydrogen) atoms. The Morgan fingerprint density at radius 2 is 2.36 bits per heavy atom. The third kappa shape index (κ3) is 1.93. The third-order valence-corrected chi connectivity index (χ3v) is 2.25. The second-order valence-electron chi connectivity index (χ2n) is 3.05. The second-order valence-corrected chi connectivity index (χ2v) is 3.05. The molecule has 0 aromatic carbocycles. The molecule has 0 unspecified atom stereocenters. The fourth-order valence-electron chi connectivity index (χ4n) is 1.60. The van der Waals surface area contributed by atoms with E-state index >= 15 is 0 Å². The van der Waals surface area contributed by atoms with Gasteiger partial charge in [0.25, 0.3) is 0 Å². The number of carbonyl (C=O) groups excluding carboxylic acids is 1. The second kappa shape index (κ2) is 3.72. The van der Waals surface area contributed by atoms with Gasteiger partial charge in [-0.05, 0) is 19.8 Å². The highest BCUT2D eigenvalue weighted by molar-refractivity contribution is 5.73. The van der Waals surface area contributed by atoms with Gasteiger partial charge in [0.1, 0.15) is 5.92 Å². The van der Waals surface area contributed by atoms with E-state index in [2.05, 4.69) is 5.73 Å². The predicted octanol–water partition coefficient (Wildman–Crippen LogP) is -0.0399. The van der Waals surface area contributed by atoms with Crippen LogP contribution in [0.5, 0.6) is 0 Å². The molecule has 2 atom stereocenters. The number of hydrogen-bond acceptors (Lipinski definition) is 2. The van der Waals surface area contributed by atoms with Crippen molar-refractivity contribution < 1.29 is 15.3 Å². The molecule has 1 saturated carbocycles. The number of ether oxygens (including phenoxy) is 1. The Bertz CT molecular complexity index is 147. The van der Waals surface area contributed by atoms with Gasteiger partial charge in [0.2, 0.25) is 0 Å². The van der Waals surface area contributed by atoms with E-state index in [1.165, 1.54) is 0 Å². The van der Waals surface area contributed by atoms with E-state index in [-0.39, 0.29) is 17.9 Å². The van der Waals surface area contributed by atoms with Crippen molar-refractivity contribution in [2.45, 2.75) is 32.2 Å². The van der Waals surface area contributed by atoms with Crippen LogP contribution in [0, 0.1) is 5.92 Å². The number of carbonyl (C=O) groups is 1. The lowest BCUT2D eigenvalue weighted by Crippen LogP contribution is -2.63. The molecule has 0 bridgehead atoms. The molecule has 3 heteroatoms. The van der Waals surface area contributed by atoms with E-state index in [1.54, 1.807) is 0 Å². The Morgan fingerprint density at radius 1 is 1.64 bits per heavy atom. The van der Waals surface area contributed by atoms with Crippen LogP contribution in [0.1, 0.15) is 26.2 Å². The molecule has 64 valence electrons. The van der Waals surface area contributed by atoms with Crippen LogP contribution in [0.3, 0.4) is 0 Å². The molecular formula is C8H16NO2+. The maximum atomic E-state index is 11.2. The molecule has 0 aromatic heterocycles. The number of quaternary nitrogens is 1. The van der Waals surface area contributed by atoms with Crippen molar-refractivity contribution in [2.24, 2.45) is 5.92 Å². The Balaban J connectivity index is 2.39. The summed E-state index contributed by atoms with van der Waals surface area (Å²) in [7, 11) is 0. The molecule has 1 aliphatic carbocycles. The first-order valence-electron chi connectivity index (χ1n) is 4.25.